The molecule has 6 heteroatoms. The van der Waals surface area contributed by atoms with Crippen LogP contribution in [0.1, 0.15) is 77.0 Å². The highest BCUT2D eigenvalue weighted by atomic mass is 16.7. The van der Waals surface area contributed by atoms with E-state index >= 15 is 0 Å². The first-order valence-corrected chi connectivity index (χ1v) is 9.38. The Balaban J connectivity index is 2.16. The topological polar surface area (TPSA) is 71.1 Å². The minimum atomic E-state index is -0.545. The summed E-state index contributed by atoms with van der Waals surface area (Å²) in [6.45, 7) is 1.70. The van der Waals surface area contributed by atoms with E-state index < -0.39 is 12.3 Å². The molecule has 140 valence electrons. The van der Waals surface area contributed by atoms with E-state index in [4.69, 9.17) is 18.9 Å². The lowest BCUT2D eigenvalue weighted by atomic mass is 10.1. The Morgan fingerprint density at radius 3 is 0.833 bits per heavy atom. The summed E-state index contributed by atoms with van der Waals surface area (Å²) in [4.78, 5) is 22.7. The molecule has 0 aromatic heterocycles. The molecule has 1 aliphatic rings. The van der Waals surface area contributed by atoms with E-state index in [1.165, 1.54) is 0 Å². The third-order valence-corrected chi connectivity index (χ3v) is 3.96. The van der Waals surface area contributed by atoms with Gasteiger partial charge in [0.1, 0.15) is 0 Å². The van der Waals surface area contributed by atoms with Crippen LogP contribution in [0.5, 0.6) is 0 Å². The van der Waals surface area contributed by atoms with E-state index in [2.05, 4.69) is 0 Å². The zero-order chi connectivity index (χ0) is 17.3. The SMILES string of the molecule is O=C1OCCCCCCCCOC(=O)OCCCCCCCCO1. The van der Waals surface area contributed by atoms with Gasteiger partial charge in [-0.3, -0.25) is 0 Å². The highest BCUT2D eigenvalue weighted by Gasteiger charge is 2.05. The van der Waals surface area contributed by atoms with Gasteiger partial charge in [-0.15, -0.1) is 0 Å². The molecule has 1 rings (SSSR count). The Labute approximate surface area is 145 Å². The van der Waals surface area contributed by atoms with Gasteiger partial charge in [0.15, 0.2) is 0 Å². The lowest BCUT2D eigenvalue weighted by Crippen LogP contribution is -2.10. The number of hydrogen-bond donors (Lipinski definition) is 0. The van der Waals surface area contributed by atoms with E-state index in [0.717, 1.165) is 77.0 Å². The van der Waals surface area contributed by atoms with Crippen molar-refractivity contribution < 1.29 is 28.5 Å². The standard InChI is InChI=1S/C18H32O6/c19-17-21-13-9-5-1-2-6-10-14-22-18(20)24-16-12-8-4-3-7-11-15-23-17/h1-16H2. The van der Waals surface area contributed by atoms with Crippen LogP contribution in [0.3, 0.4) is 0 Å². The zero-order valence-electron chi connectivity index (χ0n) is 14.8. The molecule has 24 heavy (non-hydrogen) atoms. The fraction of sp³-hybridized carbons (Fsp3) is 0.889. The Hall–Kier alpha value is -1.46. The summed E-state index contributed by atoms with van der Waals surface area (Å²) in [5.41, 5.74) is 0. The third kappa shape index (κ3) is 13.0. The van der Waals surface area contributed by atoms with Gasteiger partial charge >= 0.3 is 12.3 Å². The summed E-state index contributed by atoms with van der Waals surface area (Å²) in [7, 11) is 0. The molecule has 0 radical (unpaired) electrons. The van der Waals surface area contributed by atoms with Gasteiger partial charge in [-0.25, -0.2) is 9.59 Å². The maximum atomic E-state index is 11.4. The van der Waals surface area contributed by atoms with Crippen molar-refractivity contribution in [3.8, 4) is 0 Å². The third-order valence-electron chi connectivity index (χ3n) is 3.96. The average Bonchev–Trinajstić information content (AvgIpc) is 2.57. The van der Waals surface area contributed by atoms with Gasteiger partial charge in [-0.05, 0) is 25.7 Å². The van der Waals surface area contributed by atoms with Crippen molar-refractivity contribution in [2.75, 3.05) is 26.4 Å². The molecule has 0 spiro atoms. The predicted molar refractivity (Wildman–Crippen MR) is 90.0 cm³/mol. The summed E-state index contributed by atoms with van der Waals surface area (Å²) in [6.07, 6.45) is 10.8. The molecule has 0 aromatic carbocycles. The molecule has 0 atom stereocenters. The fourth-order valence-corrected chi connectivity index (χ4v) is 2.53. The molecule has 0 aromatic rings. The first-order chi connectivity index (χ1) is 11.8. The first kappa shape index (κ1) is 20.6. The summed E-state index contributed by atoms with van der Waals surface area (Å²) >= 11 is 0. The minimum absolute atomic E-state index is 0.424. The molecule has 0 amide bonds. The van der Waals surface area contributed by atoms with Crippen molar-refractivity contribution in [1.29, 1.82) is 0 Å². The van der Waals surface area contributed by atoms with Crippen LogP contribution in [-0.2, 0) is 18.9 Å². The number of carbonyl (C=O) groups excluding carboxylic acids is 2. The van der Waals surface area contributed by atoms with Crippen molar-refractivity contribution in [2.45, 2.75) is 77.0 Å². The lowest BCUT2D eigenvalue weighted by Gasteiger charge is -2.08. The average molecular weight is 344 g/mol. The minimum Gasteiger partial charge on any atom is -0.434 e. The molecule has 0 N–H and O–H groups in total. The number of hydrogen-bond acceptors (Lipinski definition) is 6. The summed E-state index contributed by atoms with van der Waals surface area (Å²) in [6, 6.07) is 0. The van der Waals surface area contributed by atoms with Gasteiger partial charge in [0.05, 0.1) is 26.4 Å². The maximum absolute atomic E-state index is 11.4. The van der Waals surface area contributed by atoms with Crippen molar-refractivity contribution in [3.05, 3.63) is 0 Å². The quantitative estimate of drug-likeness (QED) is 0.577. The van der Waals surface area contributed by atoms with E-state index in [-0.39, 0.29) is 0 Å². The van der Waals surface area contributed by atoms with Crippen LogP contribution in [0.15, 0.2) is 0 Å². The number of cyclic esters (lactones) is 4. The summed E-state index contributed by atoms with van der Waals surface area (Å²) in [5, 5.41) is 0. The molecule has 0 bridgehead atoms. The van der Waals surface area contributed by atoms with Gasteiger partial charge in [0.2, 0.25) is 0 Å². The number of ether oxygens (including phenoxy) is 4. The van der Waals surface area contributed by atoms with Crippen LogP contribution in [0.2, 0.25) is 0 Å². The second-order valence-corrected chi connectivity index (χ2v) is 6.14. The molecule has 6 nitrogen and oxygen atoms in total. The molecule has 0 saturated carbocycles. The molecule has 1 aliphatic heterocycles. The van der Waals surface area contributed by atoms with Gasteiger partial charge in [-0.2, -0.15) is 0 Å². The van der Waals surface area contributed by atoms with Crippen molar-refractivity contribution in [1.82, 2.24) is 0 Å². The Kier molecular flexibility index (Phi) is 12.9. The second kappa shape index (κ2) is 15.1. The lowest BCUT2D eigenvalue weighted by molar-refractivity contribution is 0.0506. The monoisotopic (exact) mass is 344 g/mol. The van der Waals surface area contributed by atoms with Crippen LogP contribution >= 0.6 is 0 Å². The van der Waals surface area contributed by atoms with Crippen molar-refractivity contribution in [3.63, 3.8) is 0 Å². The zero-order valence-corrected chi connectivity index (χ0v) is 14.8. The maximum Gasteiger partial charge on any atom is 0.508 e. The van der Waals surface area contributed by atoms with Crippen LogP contribution in [-0.4, -0.2) is 38.7 Å². The van der Waals surface area contributed by atoms with Gasteiger partial charge in [-0.1, -0.05) is 51.4 Å². The fourth-order valence-electron chi connectivity index (χ4n) is 2.53. The van der Waals surface area contributed by atoms with Gasteiger partial charge in [0, 0.05) is 0 Å². The van der Waals surface area contributed by atoms with Crippen LogP contribution in [0, 0.1) is 0 Å². The van der Waals surface area contributed by atoms with Crippen LogP contribution in [0.25, 0.3) is 0 Å². The highest BCUT2D eigenvalue weighted by molar-refractivity contribution is 5.60. The van der Waals surface area contributed by atoms with Gasteiger partial charge in [0.25, 0.3) is 0 Å². The molecular weight excluding hydrogens is 312 g/mol. The largest absolute Gasteiger partial charge is 0.508 e. The van der Waals surface area contributed by atoms with Crippen LogP contribution < -0.4 is 0 Å². The predicted octanol–water partition coefficient (Wildman–Crippen LogP) is 4.99. The molecule has 1 saturated heterocycles. The van der Waals surface area contributed by atoms with Gasteiger partial charge < -0.3 is 18.9 Å². The Morgan fingerprint density at radius 2 is 0.583 bits per heavy atom. The smallest absolute Gasteiger partial charge is 0.434 e. The summed E-state index contributed by atoms with van der Waals surface area (Å²) < 4.78 is 20.1. The van der Waals surface area contributed by atoms with E-state index in [9.17, 15) is 9.59 Å². The molecule has 1 fully saturated rings. The molecular formula is C18H32O6. The van der Waals surface area contributed by atoms with E-state index in [0.29, 0.717) is 26.4 Å². The summed E-state index contributed by atoms with van der Waals surface area (Å²) in [5.74, 6) is 0. The highest BCUT2D eigenvalue weighted by Crippen LogP contribution is 2.08. The van der Waals surface area contributed by atoms with E-state index in [1.807, 2.05) is 0 Å². The number of rotatable bonds is 0. The first-order valence-electron chi connectivity index (χ1n) is 9.38. The van der Waals surface area contributed by atoms with Crippen molar-refractivity contribution in [2.24, 2.45) is 0 Å². The normalized spacial score (nSPS) is 21.8. The number of carbonyl (C=O) groups is 2. The Bertz CT molecular complexity index is 271. The van der Waals surface area contributed by atoms with E-state index in [1.54, 1.807) is 0 Å². The van der Waals surface area contributed by atoms with Crippen molar-refractivity contribution >= 4 is 12.3 Å². The molecule has 0 unspecified atom stereocenters. The Morgan fingerprint density at radius 1 is 0.375 bits per heavy atom. The molecule has 1 heterocycles. The molecule has 0 aliphatic carbocycles. The second-order valence-electron chi connectivity index (χ2n) is 6.14. The van der Waals surface area contributed by atoms with Crippen LogP contribution in [0.4, 0.5) is 9.59 Å².